The van der Waals surface area contributed by atoms with Crippen molar-refractivity contribution in [3.63, 3.8) is 0 Å². The molecule has 0 fully saturated rings. The van der Waals surface area contributed by atoms with Gasteiger partial charge in [0.1, 0.15) is 40.5 Å². The predicted molar refractivity (Wildman–Crippen MR) is 96.4 cm³/mol. The molecule has 2 aromatic rings. The maximum absolute atomic E-state index is 10.4. The van der Waals surface area contributed by atoms with E-state index >= 15 is 0 Å². The van der Waals surface area contributed by atoms with E-state index in [2.05, 4.69) is 0 Å². The number of fused-ring (bicyclic) bond motifs is 7. The molecule has 134 valence electrons. The summed E-state index contributed by atoms with van der Waals surface area (Å²) in [4.78, 5) is 0. The van der Waals surface area contributed by atoms with Crippen LogP contribution in [-0.2, 0) is 0 Å². The van der Waals surface area contributed by atoms with Crippen molar-refractivity contribution in [3.05, 3.63) is 47.0 Å². The lowest BCUT2D eigenvalue weighted by atomic mass is 9.86. The number of rotatable bonds is 1. The van der Waals surface area contributed by atoms with Gasteiger partial charge in [-0.2, -0.15) is 0 Å². The van der Waals surface area contributed by atoms with E-state index in [4.69, 9.17) is 18.9 Å². The van der Waals surface area contributed by atoms with Gasteiger partial charge in [0.05, 0.1) is 30.8 Å². The molecule has 0 saturated carbocycles. The van der Waals surface area contributed by atoms with Gasteiger partial charge in [0.15, 0.2) is 0 Å². The Morgan fingerprint density at radius 3 is 2.85 bits per heavy atom. The maximum Gasteiger partial charge on any atom is 0.142 e. The predicted octanol–water partition coefficient (Wildman–Crippen LogP) is 4.19. The molecular formula is C21H20O5. The van der Waals surface area contributed by atoms with Crippen LogP contribution in [0.15, 0.2) is 30.3 Å². The average molecular weight is 352 g/mol. The lowest BCUT2D eigenvalue weighted by Gasteiger charge is -2.35. The SMILES string of the molecule is COc1ccc2c(c1)O[C@@H]1c3c(cc(O)c4c3OC(C)(C)C=C4)OC[C@H]21. The van der Waals surface area contributed by atoms with E-state index in [1.54, 1.807) is 13.2 Å². The minimum absolute atomic E-state index is 0.0784. The first kappa shape index (κ1) is 15.4. The topological polar surface area (TPSA) is 57.2 Å². The van der Waals surface area contributed by atoms with Crippen LogP contribution in [-0.4, -0.2) is 24.4 Å². The normalized spacial score (nSPS) is 23.5. The van der Waals surface area contributed by atoms with Crippen LogP contribution < -0.4 is 18.9 Å². The van der Waals surface area contributed by atoms with Crippen molar-refractivity contribution in [2.45, 2.75) is 31.5 Å². The monoisotopic (exact) mass is 352 g/mol. The van der Waals surface area contributed by atoms with Crippen LogP contribution >= 0.6 is 0 Å². The van der Waals surface area contributed by atoms with Gasteiger partial charge in [0.25, 0.3) is 0 Å². The van der Waals surface area contributed by atoms with E-state index in [0.717, 1.165) is 22.6 Å². The molecular weight excluding hydrogens is 332 g/mol. The third-order valence-electron chi connectivity index (χ3n) is 5.26. The summed E-state index contributed by atoms with van der Waals surface area (Å²) in [7, 11) is 1.64. The molecule has 0 saturated heterocycles. The zero-order valence-corrected chi connectivity index (χ0v) is 14.9. The third kappa shape index (κ3) is 2.09. The highest BCUT2D eigenvalue weighted by Gasteiger charge is 2.44. The smallest absolute Gasteiger partial charge is 0.142 e. The van der Waals surface area contributed by atoms with Gasteiger partial charge in [-0.25, -0.2) is 0 Å². The van der Waals surface area contributed by atoms with Gasteiger partial charge in [-0.15, -0.1) is 0 Å². The van der Waals surface area contributed by atoms with Gasteiger partial charge >= 0.3 is 0 Å². The lowest BCUT2D eigenvalue weighted by Crippen LogP contribution is -2.31. The first-order valence-electron chi connectivity index (χ1n) is 8.72. The molecule has 3 aliphatic heterocycles. The largest absolute Gasteiger partial charge is 0.507 e. The van der Waals surface area contributed by atoms with Gasteiger partial charge in [-0.05, 0) is 32.1 Å². The van der Waals surface area contributed by atoms with Crippen molar-refractivity contribution >= 4 is 6.08 Å². The summed E-state index contributed by atoms with van der Waals surface area (Å²) in [6, 6.07) is 7.54. The number of hydrogen-bond donors (Lipinski definition) is 1. The number of ether oxygens (including phenoxy) is 4. The molecule has 26 heavy (non-hydrogen) atoms. The molecule has 5 rings (SSSR count). The van der Waals surface area contributed by atoms with Gasteiger partial charge in [-0.1, -0.05) is 6.07 Å². The highest BCUT2D eigenvalue weighted by molar-refractivity contribution is 5.73. The van der Waals surface area contributed by atoms with Gasteiger partial charge in [-0.3, -0.25) is 0 Å². The number of hydrogen-bond acceptors (Lipinski definition) is 5. The van der Waals surface area contributed by atoms with Gasteiger partial charge in [0, 0.05) is 17.7 Å². The zero-order valence-electron chi connectivity index (χ0n) is 14.9. The minimum Gasteiger partial charge on any atom is -0.507 e. The van der Waals surface area contributed by atoms with E-state index in [9.17, 15) is 5.11 Å². The number of methoxy groups -OCH3 is 1. The molecule has 0 amide bonds. The van der Waals surface area contributed by atoms with Crippen LogP contribution in [0.5, 0.6) is 28.7 Å². The molecule has 0 bridgehead atoms. The second-order valence-corrected chi connectivity index (χ2v) is 7.45. The fraction of sp³-hybridized carbons (Fsp3) is 0.333. The van der Waals surface area contributed by atoms with Crippen LogP contribution in [0.4, 0.5) is 0 Å². The molecule has 1 N–H and O–H groups in total. The van der Waals surface area contributed by atoms with E-state index < -0.39 is 5.60 Å². The van der Waals surface area contributed by atoms with E-state index in [1.807, 2.05) is 44.2 Å². The molecule has 0 aromatic heterocycles. The highest BCUT2D eigenvalue weighted by Crippen LogP contribution is 2.57. The standard InChI is InChI=1S/C21H20O5/c1-21(2)7-6-13-15(22)9-17-18(20(13)26-21)19-14(10-24-17)12-5-4-11(23-3)8-16(12)25-19/h4-9,14,19,22H,10H2,1-3H3/t14-,19+/m1/s1. The van der Waals surface area contributed by atoms with Crippen molar-refractivity contribution in [2.24, 2.45) is 0 Å². The Balaban J connectivity index is 1.66. The second kappa shape index (κ2) is 5.10. The molecule has 2 atom stereocenters. The molecule has 3 heterocycles. The highest BCUT2D eigenvalue weighted by atomic mass is 16.5. The Morgan fingerprint density at radius 1 is 1.19 bits per heavy atom. The van der Waals surface area contributed by atoms with Gasteiger partial charge < -0.3 is 24.1 Å². The summed E-state index contributed by atoms with van der Waals surface area (Å²) >= 11 is 0. The fourth-order valence-electron chi connectivity index (χ4n) is 3.94. The second-order valence-electron chi connectivity index (χ2n) is 7.45. The van der Waals surface area contributed by atoms with Crippen LogP contribution in [0.3, 0.4) is 0 Å². The summed E-state index contributed by atoms with van der Waals surface area (Å²) in [5, 5.41) is 10.4. The number of benzene rings is 2. The third-order valence-corrected chi connectivity index (χ3v) is 5.26. The Labute approximate surface area is 151 Å². The molecule has 0 unspecified atom stereocenters. The van der Waals surface area contributed by atoms with E-state index in [0.29, 0.717) is 23.7 Å². The van der Waals surface area contributed by atoms with Crippen molar-refractivity contribution in [1.29, 1.82) is 0 Å². The molecule has 0 radical (unpaired) electrons. The molecule has 5 heteroatoms. The van der Waals surface area contributed by atoms with E-state index in [1.165, 1.54) is 0 Å². The summed E-state index contributed by atoms with van der Waals surface area (Å²) in [5.74, 6) is 3.06. The lowest BCUT2D eigenvalue weighted by molar-refractivity contribution is 0.116. The van der Waals surface area contributed by atoms with Crippen molar-refractivity contribution in [2.75, 3.05) is 13.7 Å². The Hall–Kier alpha value is -2.82. The first-order valence-corrected chi connectivity index (χ1v) is 8.72. The first-order chi connectivity index (χ1) is 12.5. The minimum atomic E-state index is -0.462. The van der Waals surface area contributed by atoms with Gasteiger partial charge in [0.2, 0.25) is 0 Å². The van der Waals surface area contributed by atoms with Crippen molar-refractivity contribution in [3.8, 4) is 28.7 Å². The summed E-state index contributed by atoms with van der Waals surface area (Å²) in [6.45, 7) is 4.47. The number of phenolic OH excluding ortho intramolecular Hbond substituents is 1. The molecule has 2 aromatic carbocycles. The van der Waals surface area contributed by atoms with E-state index in [-0.39, 0.29) is 17.8 Å². The molecule has 0 spiro atoms. The maximum atomic E-state index is 10.4. The van der Waals surface area contributed by atoms with Crippen molar-refractivity contribution in [1.82, 2.24) is 0 Å². The van der Waals surface area contributed by atoms with Crippen LogP contribution in [0.1, 0.15) is 42.6 Å². The molecule has 3 aliphatic rings. The molecule has 5 nitrogen and oxygen atoms in total. The number of phenols is 1. The summed E-state index contributed by atoms with van der Waals surface area (Å²) in [6.07, 6.45) is 3.64. The fourth-order valence-corrected chi connectivity index (χ4v) is 3.94. The van der Waals surface area contributed by atoms with Crippen LogP contribution in [0, 0.1) is 0 Å². The Morgan fingerprint density at radius 2 is 2.04 bits per heavy atom. The quantitative estimate of drug-likeness (QED) is 0.834. The average Bonchev–Trinajstić information content (AvgIpc) is 2.97. The van der Waals surface area contributed by atoms with Crippen molar-refractivity contribution < 1.29 is 24.1 Å². The zero-order chi connectivity index (χ0) is 18.1. The summed E-state index contributed by atoms with van der Waals surface area (Å²) in [5.41, 5.74) is 2.18. The number of aromatic hydroxyl groups is 1. The Kier molecular flexibility index (Phi) is 3.03. The molecule has 0 aliphatic carbocycles. The summed E-state index contributed by atoms with van der Waals surface area (Å²) < 4.78 is 23.8. The Bertz CT molecular complexity index is 944. The van der Waals surface area contributed by atoms with Crippen LogP contribution in [0.2, 0.25) is 0 Å². The van der Waals surface area contributed by atoms with Crippen LogP contribution in [0.25, 0.3) is 6.08 Å².